The van der Waals surface area contributed by atoms with Crippen molar-refractivity contribution in [2.75, 3.05) is 19.6 Å². The molecule has 0 aliphatic carbocycles. The molecule has 0 bridgehead atoms. The van der Waals surface area contributed by atoms with E-state index in [1.54, 1.807) is 24.1 Å². The fraction of sp³-hybridized carbons (Fsp3) is 0.500. The number of aryl methyl sites for hydroxylation is 1. The molecule has 2 heterocycles. The maximum atomic E-state index is 11.7. The van der Waals surface area contributed by atoms with Crippen molar-refractivity contribution in [3.63, 3.8) is 0 Å². The summed E-state index contributed by atoms with van der Waals surface area (Å²) in [7, 11) is 1.80. The van der Waals surface area contributed by atoms with E-state index in [1.807, 2.05) is 0 Å². The van der Waals surface area contributed by atoms with E-state index in [0.29, 0.717) is 12.1 Å². The van der Waals surface area contributed by atoms with E-state index in [1.165, 1.54) is 5.57 Å². The summed E-state index contributed by atoms with van der Waals surface area (Å²) < 4.78 is 1.63. The third-order valence-electron chi connectivity index (χ3n) is 2.86. The van der Waals surface area contributed by atoms with Crippen LogP contribution in [0.4, 0.5) is 0 Å². The molecule has 1 aliphatic rings. The number of rotatable bonds is 4. The Morgan fingerprint density at radius 2 is 2.53 bits per heavy atom. The number of hydrogen-bond donors (Lipinski definition) is 2. The second-order valence-corrected chi connectivity index (χ2v) is 4.23. The summed E-state index contributed by atoms with van der Waals surface area (Å²) in [5.41, 5.74) is 2.04. The highest BCUT2D eigenvalue weighted by Gasteiger charge is 2.08. The Labute approximate surface area is 101 Å². The van der Waals surface area contributed by atoms with Crippen molar-refractivity contribution in [1.82, 2.24) is 20.4 Å². The van der Waals surface area contributed by atoms with Gasteiger partial charge in [0.25, 0.3) is 5.91 Å². The fourth-order valence-electron chi connectivity index (χ4n) is 1.87. The van der Waals surface area contributed by atoms with Crippen molar-refractivity contribution < 1.29 is 4.79 Å². The van der Waals surface area contributed by atoms with Gasteiger partial charge in [-0.05, 0) is 19.4 Å². The lowest BCUT2D eigenvalue weighted by atomic mass is 10.1. The van der Waals surface area contributed by atoms with E-state index < -0.39 is 0 Å². The molecular weight excluding hydrogens is 216 g/mol. The zero-order chi connectivity index (χ0) is 12.1. The van der Waals surface area contributed by atoms with Crippen LogP contribution in [-0.2, 0) is 7.05 Å². The van der Waals surface area contributed by atoms with Gasteiger partial charge in [-0.3, -0.25) is 9.48 Å². The van der Waals surface area contributed by atoms with Gasteiger partial charge in [-0.1, -0.05) is 11.6 Å². The number of amides is 1. The minimum Gasteiger partial charge on any atom is -0.352 e. The van der Waals surface area contributed by atoms with Gasteiger partial charge >= 0.3 is 0 Å². The summed E-state index contributed by atoms with van der Waals surface area (Å²) in [4.78, 5) is 11.7. The lowest BCUT2D eigenvalue weighted by Crippen LogP contribution is -2.26. The van der Waals surface area contributed by atoms with Crippen LogP contribution in [-0.4, -0.2) is 35.3 Å². The minimum absolute atomic E-state index is 0.0485. The van der Waals surface area contributed by atoms with E-state index in [4.69, 9.17) is 0 Å². The van der Waals surface area contributed by atoms with Gasteiger partial charge in [-0.25, -0.2) is 0 Å². The summed E-state index contributed by atoms with van der Waals surface area (Å²) >= 11 is 0. The Kier molecular flexibility index (Phi) is 3.93. The first-order chi connectivity index (χ1) is 8.25. The average Bonchev–Trinajstić information content (AvgIpc) is 2.77. The normalized spacial score (nSPS) is 15.5. The molecule has 0 radical (unpaired) electrons. The van der Waals surface area contributed by atoms with E-state index in [0.717, 1.165) is 25.9 Å². The molecule has 5 heteroatoms. The molecule has 0 unspecified atom stereocenters. The highest BCUT2D eigenvalue weighted by molar-refractivity contribution is 5.93. The van der Waals surface area contributed by atoms with E-state index in [-0.39, 0.29) is 5.91 Å². The van der Waals surface area contributed by atoms with E-state index in [9.17, 15) is 4.79 Å². The Balaban J connectivity index is 1.75. The molecule has 0 spiro atoms. The molecule has 0 fully saturated rings. The molecular formula is C12H18N4O. The van der Waals surface area contributed by atoms with Crippen LogP contribution in [0, 0.1) is 0 Å². The Bertz CT molecular complexity index is 422. The molecule has 0 saturated heterocycles. The van der Waals surface area contributed by atoms with E-state index >= 15 is 0 Å². The lowest BCUT2D eigenvalue weighted by Gasteiger charge is -2.13. The monoisotopic (exact) mass is 234 g/mol. The largest absolute Gasteiger partial charge is 0.352 e. The molecule has 0 aromatic carbocycles. The highest BCUT2D eigenvalue weighted by atomic mass is 16.1. The third kappa shape index (κ3) is 3.42. The van der Waals surface area contributed by atoms with E-state index in [2.05, 4.69) is 21.8 Å². The van der Waals surface area contributed by atoms with Gasteiger partial charge < -0.3 is 10.6 Å². The predicted octanol–water partition coefficient (Wildman–Crippen LogP) is 0.460. The van der Waals surface area contributed by atoms with Gasteiger partial charge in [0.1, 0.15) is 0 Å². The first-order valence-corrected chi connectivity index (χ1v) is 5.91. The molecule has 1 aromatic heterocycles. The second-order valence-electron chi connectivity index (χ2n) is 4.23. The van der Waals surface area contributed by atoms with Gasteiger partial charge in [-0.15, -0.1) is 0 Å². The van der Waals surface area contributed by atoms with Crippen molar-refractivity contribution in [3.05, 3.63) is 29.6 Å². The van der Waals surface area contributed by atoms with Crippen molar-refractivity contribution in [1.29, 1.82) is 0 Å². The molecule has 1 aliphatic heterocycles. The van der Waals surface area contributed by atoms with Gasteiger partial charge in [0, 0.05) is 26.3 Å². The van der Waals surface area contributed by atoms with Crippen LogP contribution in [0.2, 0.25) is 0 Å². The molecule has 17 heavy (non-hydrogen) atoms. The van der Waals surface area contributed by atoms with Crippen molar-refractivity contribution >= 4 is 5.91 Å². The summed E-state index contributed by atoms with van der Waals surface area (Å²) in [6.45, 7) is 2.69. The molecule has 1 amide bonds. The molecule has 0 saturated carbocycles. The molecule has 0 atom stereocenters. The molecule has 2 N–H and O–H groups in total. The van der Waals surface area contributed by atoms with Crippen LogP contribution < -0.4 is 10.6 Å². The zero-order valence-corrected chi connectivity index (χ0v) is 10.1. The summed E-state index contributed by atoms with van der Waals surface area (Å²) in [5, 5.41) is 10.1. The zero-order valence-electron chi connectivity index (χ0n) is 10.1. The maximum Gasteiger partial charge on any atom is 0.254 e. The Hall–Kier alpha value is -1.62. The summed E-state index contributed by atoms with van der Waals surface area (Å²) in [6, 6.07) is 0. The van der Waals surface area contributed by atoms with Crippen LogP contribution in [0.3, 0.4) is 0 Å². The smallest absolute Gasteiger partial charge is 0.254 e. The first kappa shape index (κ1) is 11.9. The van der Waals surface area contributed by atoms with Gasteiger partial charge in [0.2, 0.25) is 0 Å². The van der Waals surface area contributed by atoms with Crippen molar-refractivity contribution in [3.8, 4) is 0 Å². The average molecular weight is 234 g/mol. The molecule has 5 nitrogen and oxygen atoms in total. The first-order valence-electron chi connectivity index (χ1n) is 5.91. The number of nitrogens with one attached hydrogen (secondary N) is 2. The van der Waals surface area contributed by atoms with Crippen molar-refractivity contribution in [2.24, 2.45) is 7.05 Å². The van der Waals surface area contributed by atoms with Crippen LogP contribution in [0.1, 0.15) is 23.2 Å². The SMILES string of the molecule is Cn1cc(C(=O)NCCC2=CCNCC2)cn1. The van der Waals surface area contributed by atoms with Gasteiger partial charge in [0.05, 0.1) is 11.8 Å². The Morgan fingerprint density at radius 1 is 1.65 bits per heavy atom. The highest BCUT2D eigenvalue weighted by Crippen LogP contribution is 2.08. The van der Waals surface area contributed by atoms with Gasteiger partial charge in [0.15, 0.2) is 0 Å². The fourth-order valence-corrected chi connectivity index (χ4v) is 1.87. The predicted molar refractivity (Wildman–Crippen MR) is 65.7 cm³/mol. The quantitative estimate of drug-likeness (QED) is 0.744. The van der Waals surface area contributed by atoms with Crippen LogP contribution >= 0.6 is 0 Å². The maximum absolute atomic E-state index is 11.7. The van der Waals surface area contributed by atoms with Gasteiger partial charge in [-0.2, -0.15) is 5.10 Å². The molecule has 1 aromatic rings. The summed E-state index contributed by atoms with van der Waals surface area (Å²) in [6.07, 6.45) is 7.54. The van der Waals surface area contributed by atoms with Crippen molar-refractivity contribution in [2.45, 2.75) is 12.8 Å². The lowest BCUT2D eigenvalue weighted by molar-refractivity contribution is 0.0954. The summed E-state index contributed by atoms with van der Waals surface area (Å²) in [5.74, 6) is -0.0485. The third-order valence-corrected chi connectivity index (χ3v) is 2.86. The number of carbonyl (C=O) groups excluding carboxylic acids is 1. The topological polar surface area (TPSA) is 59.0 Å². The van der Waals surface area contributed by atoms with Crippen LogP contribution in [0.15, 0.2) is 24.0 Å². The second kappa shape index (κ2) is 5.63. The number of hydrogen-bond acceptors (Lipinski definition) is 3. The van der Waals surface area contributed by atoms with Crippen LogP contribution in [0.5, 0.6) is 0 Å². The van der Waals surface area contributed by atoms with Crippen LogP contribution in [0.25, 0.3) is 0 Å². The standard InChI is InChI=1S/C12H18N4O/c1-16-9-11(8-15-16)12(17)14-7-4-10-2-5-13-6-3-10/h2,8-9,13H,3-7H2,1H3,(H,14,17). The molecule has 2 rings (SSSR count). The number of aromatic nitrogens is 2. The molecule has 92 valence electrons. The number of nitrogens with zero attached hydrogens (tertiary/aromatic N) is 2. The number of carbonyl (C=O) groups is 1. The Morgan fingerprint density at radius 3 is 3.18 bits per heavy atom. The minimum atomic E-state index is -0.0485.